The van der Waals surface area contributed by atoms with Crippen molar-refractivity contribution in [2.45, 2.75) is 6.54 Å². The molecule has 0 saturated carbocycles. The Balaban J connectivity index is 1.48. The first-order valence-electron chi connectivity index (χ1n) is 8.02. The number of hydrogen-bond donors (Lipinski definition) is 2. The van der Waals surface area contributed by atoms with Gasteiger partial charge in [-0.3, -0.25) is 4.79 Å². The number of rotatable bonds is 8. The number of ether oxygens (including phenoxy) is 2. The van der Waals surface area contributed by atoms with Gasteiger partial charge in [-0.2, -0.15) is 0 Å². The lowest BCUT2D eigenvalue weighted by atomic mass is 10.3. The van der Waals surface area contributed by atoms with Gasteiger partial charge in [-0.1, -0.05) is 12.1 Å². The average Bonchev–Trinajstić information content (AvgIpc) is 3.20. The molecule has 2 aromatic heterocycles. The van der Waals surface area contributed by atoms with Crippen molar-refractivity contribution in [3.05, 3.63) is 66.8 Å². The molecule has 0 spiro atoms. The van der Waals surface area contributed by atoms with Gasteiger partial charge in [0.25, 0.3) is 5.91 Å². The summed E-state index contributed by atoms with van der Waals surface area (Å²) in [5.74, 6) is 2.31. The molecule has 0 aliphatic carbocycles. The first-order chi connectivity index (χ1) is 12.7. The highest BCUT2D eigenvalue weighted by Gasteiger charge is 2.07. The van der Waals surface area contributed by atoms with Crippen molar-refractivity contribution in [1.82, 2.24) is 4.98 Å². The Morgan fingerprint density at radius 3 is 2.65 bits per heavy atom. The van der Waals surface area contributed by atoms with E-state index in [1.54, 1.807) is 43.8 Å². The molecule has 3 aromatic rings. The van der Waals surface area contributed by atoms with Crippen molar-refractivity contribution in [2.75, 3.05) is 24.4 Å². The fourth-order valence-corrected chi connectivity index (χ4v) is 2.24. The van der Waals surface area contributed by atoms with Gasteiger partial charge in [0.05, 0.1) is 31.8 Å². The van der Waals surface area contributed by atoms with Crippen LogP contribution >= 0.6 is 0 Å². The van der Waals surface area contributed by atoms with Crippen LogP contribution in [-0.2, 0) is 11.3 Å². The van der Waals surface area contributed by atoms with Gasteiger partial charge >= 0.3 is 0 Å². The van der Waals surface area contributed by atoms with Crippen LogP contribution in [0.4, 0.5) is 11.5 Å². The molecule has 1 aromatic carbocycles. The van der Waals surface area contributed by atoms with Crippen LogP contribution < -0.4 is 20.1 Å². The molecule has 0 unspecified atom stereocenters. The number of benzene rings is 1. The van der Waals surface area contributed by atoms with Crippen LogP contribution in [0, 0.1) is 0 Å². The number of amides is 1. The monoisotopic (exact) mass is 353 g/mol. The summed E-state index contributed by atoms with van der Waals surface area (Å²) >= 11 is 0. The van der Waals surface area contributed by atoms with E-state index in [1.165, 1.54) is 0 Å². The predicted molar refractivity (Wildman–Crippen MR) is 97.4 cm³/mol. The fraction of sp³-hybridized carbons (Fsp3) is 0.158. The van der Waals surface area contributed by atoms with E-state index in [4.69, 9.17) is 13.9 Å². The molecular weight excluding hydrogens is 334 g/mol. The number of hydrogen-bond acceptors (Lipinski definition) is 6. The Kier molecular flexibility index (Phi) is 5.72. The second-order valence-corrected chi connectivity index (χ2v) is 5.35. The number of carbonyl (C=O) groups excluding carboxylic acids is 1. The number of aromatic nitrogens is 1. The summed E-state index contributed by atoms with van der Waals surface area (Å²) in [6, 6.07) is 14.4. The predicted octanol–water partition coefficient (Wildman–Crippen LogP) is 3.31. The van der Waals surface area contributed by atoms with Crippen LogP contribution in [0.25, 0.3) is 0 Å². The van der Waals surface area contributed by atoms with Crippen LogP contribution in [0.15, 0.2) is 65.4 Å². The maximum atomic E-state index is 12.0. The minimum absolute atomic E-state index is 0.126. The number of carbonyl (C=O) groups is 1. The number of methoxy groups -OCH3 is 1. The molecule has 1 amide bonds. The van der Waals surface area contributed by atoms with Crippen molar-refractivity contribution in [2.24, 2.45) is 0 Å². The molecular formula is C19H19N3O4. The summed E-state index contributed by atoms with van der Waals surface area (Å²) in [4.78, 5) is 16.3. The molecule has 2 N–H and O–H groups in total. The van der Waals surface area contributed by atoms with Gasteiger partial charge in [0.15, 0.2) is 18.1 Å². The molecule has 0 saturated heterocycles. The summed E-state index contributed by atoms with van der Waals surface area (Å²) < 4.78 is 15.9. The second kappa shape index (κ2) is 8.57. The van der Waals surface area contributed by atoms with Crippen molar-refractivity contribution in [3.8, 4) is 11.5 Å². The van der Waals surface area contributed by atoms with Crippen molar-refractivity contribution in [1.29, 1.82) is 0 Å². The van der Waals surface area contributed by atoms with Gasteiger partial charge in [-0.15, -0.1) is 0 Å². The zero-order valence-electron chi connectivity index (χ0n) is 14.3. The highest BCUT2D eigenvalue weighted by Crippen LogP contribution is 2.25. The molecule has 0 radical (unpaired) electrons. The van der Waals surface area contributed by atoms with Gasteiger partial charge in [0.1, 0.15) is 11.6 Å². The van der Waals surface area contributed by atoms with Crippen LogP contribution in [0.5, 0.6) is 11.5 Å². The zero-order valence-corrected chi connectivity index (χ0v) is 14.3. The quantitative estimate of drug-likeness (QED) is 0.646. The van der Waals surface area contributed by atoms with E-state index >= 15 is 0 Å². The third-order valence-electron chi connectivity index (χ3n) is 3.50. The lowest BCUT2D eigenvalue weighted by Crippen LogP contribution is -2.20. The summed E-state index contributed by atoms with van der Waals surface area (Å²) in [6.45, 7) is 0.414. The van der Waals surface area contributed by atoms with Crippen LogP contribution in [0.2, 0.25) is 0 Å². The lowest BCUT2D eigenvalue weighted by molar-refractivity contribution is -0.118. The molecule has 3 rings (SSSR count). The smallest absolute Gasteiger partial charge is 0.262 e. The largest absolute Gasteiger partial charge is 0.493 e. The van der Waals surface area contributed by atoms with Gasteiger partial charge in [-0.25, -0.2) is 4.98 Å². The van der Waals surface area contributed by atoms with E-state index in [-0.39, 0.29) is 12.5 Å². The van der Waals surface area contributed by atoms with E-state index in [0.29, 0.717) is 29.5 Å². The Labute approximate surface area is 151 Å². The van der Waals surface area contributed by atoms with E-state index in [2.05, 4.69) is 15.6 Å². The minimum atomic E-state index is -0.283. The fourth-order valence-electron chi connectivity index (χ4n) is 2.24. The Morgan fingerprint density at radius 1 is 1.12 bits per heavy atom. The SMILES string of the molecule is COc1ccccc1OCC(=O)Nc1ccc(NCc2ccco2)nc1. The third kappa shape index (κ3) is 4.76. The van der Waals surface area contributed by atoms with Crippen molar-refractivity contribution >= 4 is 17.4 Å². The Bertz CT molecular complexity index is 832. The molecule has 0 aliphatic rings. The van der Waals surface area contributed by atoms with Crippen LogP contribution in [-0.4, -0.2) is 24.6 Å². The van der Waals surface area contributed by atoms with Gasteiger partial charge in [0, 0.05) is 0 Å². The van der Waals surface area contributed by atoms with Crippen molar-refractivity contribution in [3.63, 3.8) is 0 Å². The molecule has 0 bridgehead atoms. The second-order valence-electron chi connectivity index (χ2n) is 5.35. The first-order valence-corrected chi connectivity index (χ1v) is 8.02. The summed E-state index contributed by atoms with van der Waals surface area (Å²) in [5, 5.41) is 5.86. The van der Waals surface area contributed by atoms with Crippen LogP contribution in [0.1, 0.15) is 5.76 Å². The lowest BCUT2D eigenvalue weighted by Gasteiger charge is -2.10. The number of nitrogens with zero attached hydrogens (tertiary/aromatic N) is 1. The topological polar surface area (TPSA) is 85.6 Å². The molecule has 134 valence electrons. The highest BCUT2D eigenvalue weighted by atomic mass is 16.5. The summed E-state index contributed by atoms with van der Waals surface area (Å²) in [7, 11) is 1.55. The minimum Gasteiger partial charge on any atom is -0.493 e. The molecule has 0 atom stereocenters. The molecule has 7 heteroatoms. The summed E-state index contributed by atoms with van der Waals surface area (Å²) in [6.07, 6.45) is 3.20. The zero-order chi connectivity index (χ0) is 18.2. The van der Waals surface area contributed by atoms with E-state index in [9.17, 15) is 4.79 Å². The normalized spacial score (nSPS) is 10.2. The standard InChI is InChI=1S/C19H19N3O4/c1-24-16-6-2-3-7-17(16)26-13-19(23)22-14-8-9-18(20-11-14)21-12-15-5-4-10-25-15/h2-11H,12-13H2,1H3,(H,20,21)(H,22,23). The maximum Gasteiger partial charge on any atom is 0.262 e. The molecule has 0 fully saturated rings. The molecule has 26 heavy (non-hydrogen) atoms. The van der Waals surface area contributed by atoms with Crippen LogP contribution in [0.3, 0.4) is 0 Å². The molecule has 7 nitrogen and oxygen atoms in total. The van der Waals surface area contributed by atoms with Gasteiger partial charge in [0.2, 0.25) is 0 Å². The summed E-state index contributed by atoms with van der Waals surface area (Å²) in [5.41, 5.74) is 0.585. The third-order valence-corrected chi connectivity index (χ3v) is 3.50. The highest BCUT2D eigenvalue weighted by molar-refractivity contribution is 5.91. The maximum absolute atomic E-state index is 12.0. The number of pyridine rings is 1. The van der Waals surface area contributed by atoms with Gasteiger partial charge < -0.3 is 24.5 Å². The molecule has 2 heterocycles. The Hall–Kier alpha value is -3.48. The van der Waals surface area contributed by atoms with E-state index < -0.39 is 0 Å². The number of nitrogens with one attached hydrogen (secondary N) is 2. The number of furan rings is 1. The van der Waals surface area contributed by atoms with Crippen molar-refractivity contribution < 1.29 is 18.7 Å². The van der Waals surface area contributed by atoms with E-state index in [0.717, 1.165) is 5.76 Å². The average molecular weight is 353 g/mol. The number of anilines is 2. The molecule has 0 aliphatic heterocycles. The first kappa shape index (κ1) is 17.3. The Morgan fingerprint density at radius 2 is 1.96 bits per heavy atom. The van der Waals surface area contributed by atoms with Gasteiger partial charge in [-0.05, 0) is 36.4 Å². The van der Waals surface area contributed by atoms with E-state index in [1.807, 2.05) is 24.3 Å². The number of para-hydroxylation sites is 2.